The van der Waals surface area contributed by atoms with Gasteiger partial charge >= 0.3 is 8.80 Å². The van der Waals surface area contributed by atoms with Crippen molar-refractivity contribution in [2.75, 3.05) is 19.8 Å². The van der Waals surface area contributed by atoms with E-state index in [1.54, 1.807) is 0 Å². The molecule has 0 atom stereocenters. The Morgan fingerprint density at radius 2 is 1.24 bits per heavy atom. The number of halogens is 2. The molecule has 1 aromatic carbocycles. The standard InChI is InChI=1S/C19H32I2O3Si/c1-4-7-12-22-25(23-13-8-5-2,24-14-9-6-3)16-17-10-11-18(20)19(21)15-17/h10-11,15H,4-9,12-14,16H2,1-3H3. The molecule has 1 rings (SSSR count). The third kappa shape index (κ3) is 9.50. The zero-order valence-electron chi connectivity index (χ0n) is 15.8. The molecule has 0 bridgehead atoms. The first-order valence-electron chi connectivity index (χ1n) is 9.42. The van der Waals surface area contributed by atoms with Crippen molar-refractivity contribution < 1.29 is 13.3 Å². The Morgan fingerprint density at radius 3 is 1.64 bits per heavy atom. The van der Waals surface area contributed by atoms with Gasteiger partial charge < -0.3 is 13.3 Å². The van der Waals surface area contributed by atoms with Gasteiger partial charge in [0.1, 0.15) is 0 Å². The summed E-state index contributed by atoms with van der Waals surface area (Å²) in [6, 6.07) is 7.35. The van der Waals surface area contributed by atoms with E-state index in [9.17, 15) is 0 Å². The van der Waals surface area contributed by atoms with E-state index in [0.29, 0.717) is 0 Å². The van der Waals surface area contributed by atoms with Crippen molar-refractivity contribution >= 4 is 54.0 Å². The van der Waals surface area contributed by atoms with Gasteiger partial charge in [-0.2, -0.15) is 0 Å². The van der Waals surface area contributed by atoms with Gasteiger partial charge in [0.25, 0.3) is 0 Å². The summed E-state index contributed by atoms with van der Waals surface area (Å²) in [5, 5.41) is 0. The van der Waals surface area contributed by atoms with Gasteiger partial charge in [-0.25, -0.2) is 0 Å². The van der Waals surface area contributed by atoms with Crippen LogP contribution in [0.1, 0.15) is 64.9 Å². The maximum atomic E-state index is 6.33. The van der Waals surface area contributed by atoms with Gasteiger partial charge in [-0.15, -0.1) is 0 Å². The number of unbranched alkanes of at least 4 members (excludes halogenated alkanes) is 3. The second-order valence-electron chi connectivity index (χ2n) is 6.21. The lowest BCUT2D eigenvalue weighted by Crippen LogP contribution is -2.49. The minimum Gasteiger partial charge on any atom is -0.373 e. The molecule has 0 fully saturated rings. The van der Waals surface area contributed by atoms with Crippen molar-refractivity contribution in [3.05, 3.63) is 30.9 Å². The summed E-state index contributed by atoms with van der Waals surface area (Å²) < 4.78 is 21.5. The molecule has 6 heteroatoms. The summed E-state index contributed by atoms with van der Waals surface area (Å²) in [6.07, 6.45) is 6.51. The molecule has 3 nitrogen and oxygen atoms in total. The zero-order valence-corrected chi connectivity index (χ0v) is 21.1. The van der Waals surface area contributed by atoms with Gasteiger partial charge in [-0.05, 0) is 82.1 Å². The molecule has 0 saturated carbocycles. The maximum absolute atomic E-state index is 6.33. The lowest BCUT2D eigenvalue weighted by atomic mass is 10.2. The predicted molar refractivity (Wildman–Crippen MR) is 124 cm³/mol. The first kappa shape index (κ1) is 23.8. The minimum absolute atomic E-state index is 0.725. The molecule has 0 saturated heterocycles. The van der Waals surface area contributed by atoms with Gasteiger partial charge in [0.2, 0.25) is 0 Å². The van der Waals surface area contributed by atoms with E-state index in [0.717, 1.165) is 64.4 Å². The molecular formula is C19H32I2O3Si. The van der Waals surface area contributed by atoms with E-state index < -0.39 is 8.80 Å². The molecule has 0 aromatic heterocycles. The van der Waals surface area contributed by atoms with Gasteiger partial charge in [0.15, 0.2) is 0 Å². The highest BCUT2D eigenvalue weighted by Crippen LogP contribution is 2.23. The summed E-state index contributed by atoms with van der Waals surface area (Å²) in [7, 11) is -2.69. The van der Waals surface area contributed by atoms with Crippen LogP contribution in [0.4, 0.5) is 0 Å². The highest BCUT2D eigenvalue weighted by atomic mass is 127. The van der Waals surface area contributed by atoms with Gasteiger partial charge in [0, 0.05) is 33.0 Å². The van der Waals surface area contributed by atoms with Gasteiger partial charge in [-0.3, -0.25) is 0 Å². The molecule has 0 aliphatic rings. The van der Waals surface area contributed by atoms with Crippen LogP contribution in [0.3, 0.4) is 0 Å². The quantitative estimate of drug-likeness (QED) is 0.143. The third-order valence-corrected chi connectivity index (χ3v) is 9.50. The Morgan fingerprint density at radius 1 is 0.760 bits per heavy atom. The van der Waals surface area contributed by atoms with Crippen molar-refractivity contribution in [3.8, 4) is 0 Å². The lowest BCUT2D eigenvalue weighted by Gasteiger charge is -2.30. The number of benzene rings is 1. The minimum atomic E-state index is -2.69. The second kappa shape index (κ2) is 13.9. The number of rotatable bonds is 14. The van der Waals surface area contributed by atoms with E-state index in [4.69, 9.17) is 13.3 Å². The van der Waals surface area contributed by atoms with Gasteiger partial charge in [-0.1, -0.05) is 46.1 Å². The largest absolute Gasteiger partial charge is 0.505 e. The Bertz CT molecular complexity index is 459. The molecule has 0 radical (unpaired) electrons. The van der Waals surface area contributed by atoms with Crippen molar-refractivity contribution in [2.24, 2.45) is 0 Å². The van der Waals surface area contributed by atoms with Crippen LogP contribution in [-0.2, 0) is 19.3 Å². The molecule has 0 spiro atoms. The van der Waals surface area contributed by atoms with Crippen molar-refractivity contribution in [2.45, 2.75) is 65.3 Å². The Labute approximate surface area is 182 Å². The fourth-order valence-electron chi connectivity index (χ4n) is 2.29. The van der Waals surface area contributed by atoms with Crippen LogP contribution in [0.2, 0.25) is 0 Å². The fourth-order valence-corrected chi connectivity index (χ4v) is 5.85. The average molecular weight is 590 g/mol. The summed E-state index contributed by atoms with van der Waals surface area (Å²) in [5.74, 6) is 0. The molecular weight excluding hydrogens is 558 g/mol. The number of hydrogen-bond acceptors (Lipinski definition) is 3. The van der Waals surface area contributed by atoms with Crippen molar-refractivity contribution in [3.63, 3.8) is 0 Å². The van der Waals surface area contributed by atoms with E-state index in [1.165, 1.54) is 12.7 Å². The number of hydrogen-bond donors (Lipinski definition) is 0. The molecule has 0 heterocycles. The topological polar surface area (TPSA) is 27.7 Å². The van der Waals surface area contributed by atoms with Crippen LogP contribution in [-0.4, -0.2) is 28.6 Å². The summed E-state index contributed by atoms with van der Waals surface area (Å²) in [6.45, 7) is 8.73. The van der Waals surface area contributed by atoms with E-state index in [2.05, 4.69) is 84.2 Å². The first-order chi connectivity index (χ1) is 12.1. The summed E-state index contributed by atoms with van der Waals surface area (Å²) in [4.78, 5) is 0. The summed E-state index contributed by atoms with van der Waals surface area (Å²) >= 11 is 4.76. The van der Waals surface area contributed by atoms with Gasteiger partial charge in [0.05, 0.1) is 0 Å². The molecule has 144 valence electrons. The van der Waals surface area contributed by atoms with Crippen LogP contribution >= 0.6 is 45.2 Å². The van der Waals surface area contributed by atoms with Crippen molar-refractivity contribution in [1.82, 2.24) is 0 Å². The molecule has 0 unspecified atom stereocenters. The van der Waals surface area contributed by atoms with Crippen LogP contribution in [0.15, 0.2) is 18.2 Å². The van der Waals surface area contributed by atoms with Crippen molar-refractivity contribution in [1.29, 1.82) is 0 Å². The Hall–Kier alpha value is 0.777. The first-order valence-corrected chi connectivity index (χ1v) is 13.5. The molecule has 0 aliphatic heterocycles. The summed E-state index contributed by atoms with van der Waals surface area (Å²) in [5.41, 5.74) is 1.25. The maximum Gasteiger partial charge on any atom is 0.505 e. The van der Waals surface area contributed by atoms with Crippen LogP contribution in [0.25, 0.3) is 0 Å². The smallest absolute Gasteiger partial charge is 0.373 e. The molecule has 0 amide bonds. The van der Waals surface area contributed by atoms with Crippen LogP contribution in [0.5, 0.6) is 0 Å². The van der Waals surface area contributed by atoms with E-state index in [1.807, 2.05) is 0 Å². The average Bonchev–Trinajstić information content (AvgIpc) is 2.59. The monoisotopic (exact) mass is 590 g/mol. The van der Waals surface area contributed by atoms with E-state index >= 15 is 0 Å². The third-order valence-electron chi connectivity index (χ3n) is 3.86. The highest BCUT2D eigenvalue weighted by molar-refractivity contribution is 14.1. The molecule has 25 heavy (non-hydrogen) atoms. The molecule has 0 aliphatic carbocycles. The fraction of sp³-hybridized carbons (Fsp3) is 0.684. The van der Waals surface area contributed by atoms with Crippen LogP contribution < -0.4 is 0 Å². The Kier molecular flexibility index (Phi) is 13.2. The molecule has 0 N–H and O–H groups in total. The normalized spacial score (nSPS) is 11.9. The lowest BCUT2D eigenvalue weighted by molar-refractivity contribution is 0.0554. The SMILES string of the molecule is CCCCO[Si](Cc1ccc(I)c(I)c1)(OCCCC)OCCCC. The molecule has 1 aromatic rings. The van der Waals surface area contributed by atoms with E-state index in [-0.39, 0.29) is 0 Å². The predicted octanol–water partition coefficient (Wildman–Crippen LogP) is 6.37. The zero-order chi connectivity index (χ0) is 18.5. The van der Waals surface area contributed by atoms with Crippen LogP contribution in [0, 0.1) is 7.14 Å². The Balaban J connectivity index is 2.93. The second-order valence-corrected chi connectivity index (χ2v) is 11.1. The highest BCUT2D eigenvalue weighted by Gasteiger charge is 2.41.